The molecule has 1 atom stereocenters. The number of para-hydroxylation sites is 3. The Hall–Kier alpha value is -7.02. The zero-order valence-corrected chi connectivity index (χ0v) is 31.3. The average molecular weight is 775 g/mol. The molecule has 13 nitrogen and oxygen atoms in total. The van der Waals surface area contributed by atoms with Crippen molar-refractivity contribution in [2.45, 2.75) is 38.3 Å². The van der Waals surface area contributed by atoms with Crippen LogP contribution in [0.4, 0.5) is 0 Å². The van der Waals surface area contributed by atoms with E-state index in [0.29, 0.717) is 19.3 Å². The summed E-state index contributed by atoms with van der Waals surface area (Å²) in [5.74, 6) is -3.34. The highest BCUT2D eigenvalue weighted by Gasteiger charge is 2.27. The van der Waals surface area contributed by atoms with Gasteiger partial charge in [0.05, 0.1) is 16.7 Å². The van der Waals surface area contributed by atoms with Crippen LogP contribution in [0.5, 0.6) is 28.7 Å². The maximum atomic E-state index is 14.3. The molecule has 0 aliphatic heterocycles. The third-order valence-corrected chi connectivity index (χ3v) is 9.10. The van der Waals surface area contributed by atoms with E-state index in [1.54, 1.807) is 29.2 Å². The van der Waals surface area contributed by atoms with E-state index < -0.39 is 35.3 Å². The van der Waals surface area contributed by atoms with Crippen molar-refractivity contribution in [1.29, 1.82) is 0 Å². The summed E-state index contributed by atoms with van der Waals surface area (Å²) in [5.41, 5.74) is 1.76. The highest BCUT2D eigenvalue weighted by molar-refractivity contribution is 6.00. The van der Waals surface area contributed by atoms with Gasteiger partial charge in [-0.05, 0) is 66.8 Å². The van der Waals surface area contributed by atoms with Crippen LogP contribution in [0, 0.1) is 0 Å². The van der Waals surface area contributed by atoms with Gasteiger partial charge < -0.3 is 46.0 Å². The quantitative estimate of drug-likeness (QED) is 0.0431. The molecule has 0 aromatic heterocycles. The minimum absolute atomic E-state index is 0.0175. The van der Waals surface area contributed by atoms with Crippen molar-refractivity contribution >= 4 is 23.6 Å². The molecule has 0 radical (unpaired) electrons. The Bertz CT molecular complexity index is 2130. The topological polar surface area (TPSA) is 198 Å². The van der Waals surface area contributed by atoms with Gasteiger partial charge in [-0.25, -0.2) is 0 Å². The third-order valence-electron chi connectivity index (χ3n) is 9.10. The van der Waals surface area contributed by atoms with Gasteiger partial charge in [0.25, 0.3) is 17.7 Å². The van der Waals surface area contributed by atoms with E-state index in [-0.39, 0.29) is 79.1 Å². The van der Waals surface area contributed by atoms with Gasteiger partial charge in [0.1, 0.15) is 18.4 Å². The van der Waals surface area contributed by atoms with Gasteiger partial charge in [0.2, 0.25) is 5.91 Å². The lowest BCUT2D eigenvalue weighted by molar-refractivity contribution is -0.133. The van der Waals surface area contributed by atoms with E-state index in [2.05, 4.69) is 16.0 Å². The average Bonchev–Trinajstić information content (AvgIpc) is 3.22. The molecule has 5 rings (SSSR count). The summed E-state index contributed by atoms with van der Waals surface area (Å²) in [6.45, 7) is 0.949. The van der Waals surface area contributed by atoms with Crippen LogP contribution in [-0.2, 0) is 17.8 Å². The number of rotatable bonds is 19. The number of nitrogens with one attached hydrogen (secondary N) is 3. The van der Waals surface area contributed by atoms with Crippen molar-refractivity contribution in [3.63, 3.8) is 0 Å². The van der Waals surface area contributed by atoms with Crippen molar-refractivity contribution in [3.8, 4) is 28.7 Å². The summed E-state index contributed by atoms with van der Waals surface area (Å²) in [7, 11) is 0. The first-order valence-electron chi connectivity index (χ1n) is 18.6. The van der Waals surface area contributed by atoms with Crippen LogP contribution in [0.1, 0.15) is 61.5 Å². The normalized spacial score (nSPS) is 11.2. The van der Waals surface area contributed by atoms with Crippen molar-refractivity contribution in [2.75, 3.05) is 26.2 Å². The number of phenolic OH excluding ortho intramolecular Hbond substituents is 4. The second-order valence-corrected chi connectivity index (χ2v) is 13.2. The molecule has 0 aliphatic carbocycles. The molecule has 0 unspecified atom stereocenters. The summed E-state index contributed by atoms with van der Waals surface area (Å²) in [6, 6.07) is 32.2. The minimum atomic E-state index is -1.02. The van der Waals surface area contributed by atoms with E-state index >= 15 is 0 Å². The molecular weight excluding hydrogens is 729 g/mol. The maximum absolute atomic E-state index is 14.3. The SMILES string of the molecule is O=C(N[C@@H](Cc1ccccc1)C(=O)N(CCCCNC(=O)c1cccc(O)c1OCc1ccccc1)CCCNC(=O)c1cccc(O)c1O)c1ccccc1O. The number of carbonyl (C=O) groups excluding carboxylic acids is 4. The fraction of sp³-hybridized carbons (Fsp3) is 0.227. The molecule has 4 amide bonds. The number of hydrogen-bond acceptors (Lipinski definition) is 9. The van der Waals surface area contributed by atoms with Gasteiger partial charge in [-0.1, -0.05) is 84.9 Å². The smallest absolute Gasteiger partial charge is 0.255 e. The molecule has 0 fully saturated rings. The Morgan fingerprint density at radius 2 is 1.09 bits per heavy atom. The monoisotopic (exact) mass is 774 g/mol. The van der Waals surface area contributed by atoms with E-state index in [9.17, 15) is 39.6 Å². The van der Waals surface area contributed by atoms with Crippen LogP contribution >= 0.6 is 0 Å². The number of carbonyl (C=O) groups is 4. The number of unbranched alkanes of at least 4 members (excludes halogenated alkanes) is 1. The second-order valence-electron chi connectivity index (χ2n) is 13.2. The van der Waals surface area contributed by atoms with Gasteiger partial charge in [-0.15, -0.1) is 0 Å². The van der Waals surface area contributed by atoms with Gasteiger partial charge in [0.15, 0.2) is 23.0 Å². The Balaban J connectivity index is 1.25. The zero-order chi connectivity index (χ0) is 40.6. The lowest BCUT2D eigenvalue weighted by Crippen LogP contribution is -2.50. The summed E-state index contributed by atoms with van der Waals surface area (Å²) in [6.07, 6.45) is 1.40. The van der Waals surface area contributed by atoms with Crippen LogP contribution < -0.4 is 20.7 Å². The van der Waals surface area contributed by atoms with E-state index in [0.717, 1.165) is 11.1 Å². The number of nitrogens with zero attached hydrogens (tertiary/aromatic N) is 1. The van der Waals surface area contributed by atoms with E-state index in [4.69, 9.17) is 4.74 Å². The van der Waals surface area contributed by atoms with Gasteiger partial charge >= 0.3 is 0 Å². The lowest BCUT2D eigenvalue weighted by Gasteiger charge is -2.28. The van der Waals surface area contributed by atoms with Gasteiger partial charge in [0, 0.05) is 32.6 Å². The maximum Gasteiger partial charge on any atom is 0.255 e. The largest absolute Gasteiger partial charge is 0.507 e. The fourth-order valence-electron chi connectivity index (χ4n) is 6.10. The van der Waals surface area contributed by atoms with Gasteiger partial charge in [-0.2, -0.15) is 0 Å². The summed E-state index contributed by atoms with van der Waals surface area (Å²) in [4.78, 5) is 55.2. The first-order valence-corrected chi connectivity index (χ1v) is 18.6. The Labute approximate surface area is 330 Å². The number of benzene rings is 5. The summed E-state index contributed by atoms with van der Waals surface area (Å²) in [5, 5.41) is 49.1. The standard InChI is InChI=1S/C44H46N4O9/c49-36-21-8-7-18-32(36)43(55)47-35(28-30-14-3-1-4-15-30)44(56)48(27-13-25-46-41(53)33-19-11-22-37(50)39(33)52)26-10-9-24-45-42(54)34-20-12-23-38(51)40(34)57-29-31-16-5-2-6-17-31/h1-8,11-12,14-23,35,49-52H,9-10,13,24-29H2,(H,45,54)(H,46,53)(H,47,55)/t35-/m0/s1. The van der Waals surface area contributed by atoms with E-state index in [1.165, 1.54) is 36.4 Å². The predicted octanol–water partition coefficient (Wildman–Crippen LogP) is 5.29. The highest BCUT2D eigenvalue weighted by Crippen LogP contribution is 2.31. The van der Waals surface area contributed by atoms with Gasteiger partial charge in [-0.3, -0.25) is 19.2 Å². The Morgan fingerprint density at radius 3 is 1.79 bits per heavy atom. The van der Waals surface area contributed by atoms with Crippen LogP contribution in [0.3, 0.4) is 0 Å². The second kappa shape index (κ2) is 20.6. The van der Waals surface area contributed by atoms with Crippen LogP contribution in [0.2, 0.25) is 0 Å². The molecule has 5 aromatic rings. The van der Waals surface area contributed by atoms with Crippen molar-refractivity contribution in [1.82, 2.24) is 20.9 Å². The molecule has 5 aromatic carbocycles. The summed E-state index contributed by atoms with van der Waals surface area (Å²) < 4.78 is 5.84. The van der Waals surface area contributed by atoms with Crippen molar-refractivity contribution < 1.29 is 44.3 Å². The molecule has 13 heteroatoms. The number of ether oxygens (including phenoxy) is 1. The number of phenols is 4. The lowest BCUT2D eigenvalue weighted by atomic mass is 10.0. The zero-order valence-electron chi connectivity index (χ0n) is 31.3. The molecule has 0 saturated carbocycles. The van der Waals surface area contributed by atoms with Crippen LogP contribution in [0.25, 0.3) is 0 Å². The molecule has 0 bridgehead atoms. The number of aromatic hydroxyl groups is 4. The molecule has 0 saturated heterocycles. The molecule has 0 heterocycles. The Kier molecular flexibility index (Phi) is 14.9. The molecule has 0 spiro atoms. The van der Waals surface area contributed by atoms with Crippen LogP contribution in [-0.4, -0.2) is 81.2 Å². The molecular formula is C44H46N4O9. The molecule has 57 heavy (non-hydrogen) atoms. The highest BCUT2D eigenvalue weighted by atomic mass is 16.5. The summed E-state index contributed by atoms with van der Waals surface area (Å²) >= 11 is 0. The molecule has 0 aliphatic rings. The fourth-order valence-corrected chi connectivity index (χ4v) is 6.10. The molecule has 296 valence electrons. The molecule has 7 N–H and O–H groups in total. The van der Waals surface area contributed by atoms with E-state index in [1.807, 2.05) is 60.7 Å². The number of hydrogen-bond donors (Lipinski definition) is 7. The Morgan fingerprint density at radius 1 is 0.544 bits per heavy atom. The van der Waals surface area contributed by atoms with Crippen LogP contribution in [0.15, 0.2) is 121 Å². The van der Waals surface area contributed by atoms with Crippen molar-refractivity contribution in [2.24, 2.45) is 0 Å². The first-order chi connectivity index (χ1) is 27.6. The van der Waals surface area contributed by atoms with Crippen molar-refractivity contribution in [3.05, 3.63) is 149 Å². The third kappa shape index (κ3) is 11.7. The predicted molar refractivity (Wildman–Crippen MR) is 213 cm³/mol. The first kappa shape index (κ1) is 41.1. The number of amides is 4. The minimum Gasteiger partial charge on any atom is -0.507 e.